The molecule has 60 valence electrons. The fourth-order valence-electron chi connectivity index (χ4n) is 0.422. The summed E-state index contributed by atoms with van der Waals surface area (Å²) in [5.74, 6) is -0.144. The van der Waals surface area contributed by atoms with Gasteiger partial charge < -0.3 is 0 Å². The molecule has 0 aliphatic rings. The van der Waals surface area contributed by atoms with E-state index in [1.807, 2.05) is 20.8 Å². The molecular weight excluding hydrogens is 127 g/mol. The second-order valence-electron chi connectivity index (χ2n) is 1.50. The fourth-order valence-corrected chi connectivity index (χ4v) is 0.422. The second kappa shape index (κ2) is 11.2. The quantitative estimate of drug-likeness (QED) is 0.516. The molecule has 0 fully saturated rings. The van der Waals surface area contributed by atoms with Crippen molar-refractivity contribution in [3.8, 4) is 0 Å². The minimum atomic E-state index is -0.144. The van der Waals surface area contributed by atoms with Gasteiger partial charge in [-0.1, -0.05) is 26.8 Å². The normalized spacial score (nSPS) is 11.1. The van der Waals surface area contributed by atoms with E-state index in [0.29, 0.717) is 0 Å². The van der Waals surface area contributed by atoms with Crippen molar-refractivity contribution in [3.05, 3.63) is 24.1 Å². The average molecular weight is 144 g/mol. The Morgan fingerprint density at radius 2 is 1.90 bits per heavy atom. The van der Waals surface area contributed by atoms with Crippen LogP contribution in [0.3, 0.4) is 0 Å². The maximum absolute atomic E-state index is 12.2. The van der Waals surface area contributed by atoms with Gasteiger partial charge in [-0.3, -0.25) is 0 Å². The highest BCUT2D eigenvalue weighted by molar-refractivity contribution is 5.09. The zero-order valence-electron chi connectivity index (χ0n) is 7.32. The van der Waals surface area contributed by atoms with E-state index in [9.17, 15) is 4.39 Å². The molecule has 0 spiro atoms. The first-order valence-corrected chi connectivity index (χ1v) is 3.79. The van der Waals surface area contributed by atoms with Crippen LogP contribution in [0, 0.1) is 0 Å². The molecule has 0 aliphatic carbocycles. The maximum atomic E-state index is 12.2. The lowest BCUT2D eigenvalue weighted by molar-refractivity contribution is 0.661. The third-order valence-electron chi connectivity index (χ3n) is 0.725. The molecule has 10 heavy (non-hydrogen) atoms. The van der Waals surface area contributed by atoms with Gasteiger partial charge in [-0.15, -0.1) is 0 Å². The molecule has 0 amide bonds. The average Bonchev–Trinajstić information content (AvgIpc) is 1.93. The number of hydrogen-bond donors (Lipinski definition) is 0. The van der Waals surface area contributed by atoms with Crippen LogP contribution in [0.25, 0.3) is 0 Å². The molecule has 0 saturated heterocycles. The zero-order chi connectivity index (χ0) is 8.41. The van der Waals surface area contributed by atoms with E-state index >= 15 is 0 Å². The van der Waals surface area contributed by atoms with Crippen LogP contribution in [0.15, 0.2) is 24.1 Å². The molecule has 0 aromatic heterocycles. The monoisotopic (exact) mass is 144 g/mol. The molecule has 0 aliphatic heterocycles. The van der Waals surface area contributed by atoms with Crippen LogP contribution < -0.4 is 0 Å². The Kier molecular flexibility index (Phi) is 13.6. The summed E-state index contributed by atoms with van der Waals surface area (Å²) in [5.41, 5.74) is 0. The first-order valence-electron chi connectivity index (χ1n) is 3.79. The van der Waals surface area contributed by atoms with Crippen molar-refractivity contribution < 1.29 is 4.39 Å². The zero-order valence-corrected chi connectivity index (χ0v) is 7.32. The van der Waals surface area contributed by atoms with Crippen LogP contribution in [-0.4, -0.2) is 0 Å². The molecule has 0 rings (SSSR count). The highest BCUT2D eigenvalue weighted by Gasteiger charge is 1.79. The standard InChI is InChI=1S/C7H11F.C2H6/c1-3-5-7(8)6-4-2;1-2/h3,5-6H,4H2,1-2H3;1-2H3/b5-3-,7-6+;. The highest BCUT2D eigenvalue weighted by atomic mass is 19.1. The molecule has 1 heteroatoms. The molecule has 0 unspecified atom stereocenters. The number of halogens is 1. The summed E-state index contributed by atoms with van der Waals surface area (Å²) in [6.45, 7) is 7.70. The van der Waals surface area contributed by atoms with Gasteiger partial charge in [-0.25, -0.2) is 4.39 Å². The Morgan fingerprint density at radius 3 is 2.20 bits per heavy atom. The molecule has 0 nitrogen and oxygen atoms in total. The van der Waals surface area contributed by atoms with E-state index in [0.717, 1.165) is 6.42 Å². The summed E-state index contributed by atoms with van der Waals surface area (Å²) in [4.78, 5) is 0. The Balaban J connectivity index is 0. The van der Waals surface area contributed by atoms with E-state index in [1.54, 1.807) is 19.1 Å². The highest BCUT2D eigenvalue weighted by Crippen LogP contribution is 1.98. The van der Waals surface area contributed by atoms with E-state index < -0.39 is 0 Å². The number of rotatable bonds is 2. The van der Waals surface area contributed by atoms with Crippen molar-refractivity contribution in [1.82, 2.24) is 0 Å². The van der Waals surface area contributed by atoms with E-state index in [-0.39, 0.29) is 5.83 Å². The molecule has 0 N–H and O–H groups in total. The molecule has 0 aromatic carbocycles. The van der Waals surface area contributed by atoms with Crippen LogP contribution in [0.4, 0.5) is 4.39 Å². The summed E-state index contributed by atoms with van der Waals surface area (Å²) in [6.07, 6.45) is 5.43. The van der Waals surface area contributed by atoms with Crippen LogP contribution in [0.2, 0.25) is 0 Å². The van der Waals surface area contributed by atoms with Crippen LogP contribution in [0.5, 0.6) is 0 Å². The van der Waals surface area contributed by atoms with Crippen molar-refractivity contribution in [2.24, 2.45) is 0 Å². The summed E-state index contributed by atoms with van der Waals surface area (Å²) >= 11 is 0. The molecular formula is C9H17F. The van der Waals surface area contributed by atoms with E-state index in [4.69, 9.17) is 0 Å². The number of allylic oxidation sites excluding steroid dienone is 4. The van der Waals surface area contributed by atoms with Gasteiger partial charge in [0.1, 0.15) is 5.83 Å². The van der Waals surface area contributed by atoms with Gasteiger partial charge in [0.2, 0.25) is 0 Å². The van der Waals surface area contributed by atoms with Crippen molar-refractivity contribution in [2.75, 3.05) is 0 Å². The van der Waals surface area contributed by atoms with Crippen LogP contribution >= 0.6 is 0 Å². The van der Waals surface area contributed by atoms with E-state index in [2.05, 4.69) is 0 Å². The summed E-state index contributed by atoms with van der Waals surface area (Å²) in [7, 11) is 0. The summed E-state index contributed by atoms with van der Waals surface area (Å²) in [5, 5.41) is 0. The smallest absolute Gasteiger partial charge is 0.118 e. The van der Waals surface area contributed by atoms with Gasteiger partial charge in [0.15, 0.2) is 0 Å². The van der Waals surface area contributed by atoms with Crippen LogP contribution in [0.1, 0.15) is 34.1 Å². The van der Waals surface area contributed by atoms with Crippen molar-refractivity contribution >= 4 is 0 Å². The molecule has 0 atom stereocenters. The van der Waals surface area contributed by atoms with Gasteiger partial charge in [0.05, 0.1) is 0 Å². The maximum Gasteiger partial charge on any atom is 0.118 e. The predicted octanol–water partition coefficient (Wildman–Crippen LogP) is 3.85. The first kappa shape index (κ1) is 12.1. The second-order valence-corrected chi connectivity index (χ2v) is 1.50. The molecule has 0 aromatic rings. The third kappa shape index (κ3) is 10.4. The van der Waals surface area contributed by atoms with Crippen molar-refractivity contribution in [3.63, 3.8) is 0 Å². The SMILES string of the molecule is C/C=C\C(F)=C/CC.CC. The van der Waals surface area contributed by atoms with Gasteiger partial charge in [0.25, 0.3) is 0 Å². The molecule has 0 radical (unpaired) electrons. The van der Waals surface area contributed by atoms with Crippen molar-refractivity contribution in [1.29, 1.82) is 0 Å². The summed E-state index contributed by atoms with van der Waals surface area (Å²) in [6, 6.07) is 0. The van der Waals surface area contributed by atoms with Gasteiger partial charge >= 0.3 is 0 Å². The Bertz CT molecular complexity index is 101. The Hall–Kier alpha value is -0.590. The predicted molar refractivity (Wildman–Crippen MR) is 45.6 cm³/mol. The Labute approximate surface area is 63.5 Å². The van der Waals surface area contributed by atoms with Crippen LogP contribution in [-0.2, 0) is 0 Å². The van der Waals surface area contributed by atoms with Gasteiger partial charge in [-0.05, 0) is 25.5 Å². The Morgan fingerprint density at radius 1 is 1.40 bits per heavy atom. The third-order valence-corrected chi connectivity index (χ3v) is 0.725. The largest absolute Gasteiger partial charge is 0.207 e. The minimum absolute atomic E-state index is 0.144. The van der Waals surface area contributed by atoms with E-state index in [1.165, 1.54) is 6.08 Å². The van der Waals surface area contributed by atoms with Gasteiger partial charge in [-0.2, -0.15) is 0 Å². The minimum Gasteiger partial charge on any atom is -0.207 e. The molecule has 0 bridgehead atoms. The van der Waals surface area contributed by atoms with Crippen molar-refractivity contribution in [2.45, 2.75) is 34.1 Å². The lowest BCUT2D eigenvalue weighted by Gasteiger charge is -1.80. The lowest BCUT2D eigenvalue weighted by atomic mass is 10.4. The molecule has 0 saturated carbocycles. The van der Waals surface area contributed by atoms with Gasteiger partial charge in [0, 0.05) is 0 Å². The lowest BCUT2D eigenvalue weighted by Crippen LogP contribution is -1.61. The number of hydrogen-bond acceptors (Lipinski definition) is 0. The fraction of sp³-hybridized carbons (Fsp3) is 0.556. The topological polar surface area (TPSA) is 0 Å². The molecule has 0 heterocycles. The summed E-state index contributed by atoms with van der Waals surface area (Å²) < 4.78 is 12.2. The first-order chi connectivity index (χ1) is 4.81.